The van der Waals surface area contributed by atoms with Gasteiger partial charge in [0.15, 0.2) is 5.75 Å². The van der Waals surface area contributed by atoms with Gasteiger partial charge >= 0.3 is 12.0 Å². The van der Waals surface area contributed by atoms with E-state index in [1.165, 1.54) is 0 Å². The maximum atomic E-state index is 12.6. The summed E-state index contributed by atoms with van der Waals surface area (Å²) in [5.74, 6) is 0.405. The molecule has 1 aliphatic rings. The van der Waals surface area contributed by atoms with E-state index in [1.54, 1.807) is 37.3 Å². The molecule has 2 aromatic carbocycles. The molecule has 1 aliphatic heterocycles. The van der Waals surface area contributed by atoms with Crippen LogP contribution in [0, 0.1) is 5.92 Å². The van der Waals surface area contributed by atoms with Gasteiger partial charge in [-0.1, -0.05) is 36.4 Å². The van der Waals surface area contributed by atoms with Gasteiger partial charge in [0.1, 0.15) is 11.4 Å². The zero-order valence-electron chi connectivity index (χ0n) is 17.9. The van der Waals surface area contributed by atoms with Crippen LogP contribution < -0.4 is 20.7 Å². The molecular weight excluding hydrogens is 410 g/mol. The Labute approximate surface area is 187 Å². The molecule has 1 saturated heterocycles. The van der Waals surface area contributed by atoms with Crippen LogP contribution in [0.25, 0.3) is 0 Å². The second-order valence-corrected chi connectivity index (χ2v) is 7.18. The Hall–Kier alpha value is -3.81. The second kappa shape index (κ2) is 11.5. The number of para-hydroxylation sites is 3. The van der Waals surface area contributed by atoms with Gasteiger partial charge in [-0.3, -0.25) is 4.79 Å². The van der Waals surface area contributed by atoms with E-state index < -0.39 is 12.0 Å². The summed E-state index contributed by atoms with van der Waals surface area (Å²) in [5, 5.41) is 8.06. The Balaban J connectivity index is 1.65. The molecule has 0 aliphatic carbocycles. The molecule has 8 nitrogen and oxygen atoms in total. The first-order chi connectivity index (χ1) is 15.6. The highest BCUT2D eigenvalue weighted by atomic mass is 16.5. The maximum Gasteiger partial charge on any atom is 0.354 e. The zero-order chi connectivity index (χ0) is 22.8. The lowest BCUT2D eigenvalue weighted by atomic mass is 10.0. The molecule has 3 N–H and O–H groups in total. The zero-order valence-corrected chi connectivity index (χ0v) is 17.9. The molecule has 2 aromatic rings. The van der Waals surface area contributed by atoms with Gasteiger partial charge in [-0.25, -0.2) is 9.59 Å². The molecular formula is C24H27N3O5. The molecule has 1 heterocycles. The number of esters is 1. The van der Waals surface area contributed by atoms with E-state index in [2.05, 4.69) is 16.0 Å². The Bertz CT molecular complexity index is 975. The maximum absolute atomic E-state index is 12.6. The van der Waals surface area contributed by atoms with Crippen LogP contribution >= 0.6 is 0 Å². The Morgan fingerprint density at radius 2 is 1.88 bits per heavy atom. The number of hydrogen-bond donors (Lipinski definition) is 3. The minimum absolute atomic E-state index is 0.0248. The van der Waals surface area contributed by atoms with E-state index in [-0.39, 0.29) is 24.1 Å². The molecule has 0 radical (unpaired) electrons. The van der Waals surface area contributed by atoms with Crippen molar-refractivity contribution in [2.24, 2.45) is 5.92 Å². The molecule has 3 amide bonds. The van der Waals surface area contributed by atoms with Gasteiger partial charge in [-0.15, -0.1) is 0 Å². The summed E-state index contributed by atoms with van der Waals surface area (Å²) in [6.45, 7) is 2.54. The van der Waals surface area contributed by atoms with E-state index in [0.29, 0.717) is 36.6 Å². The Morgan fingerprint density at radius 3 is 2.59 bits per heavy atom. The molecule has 168 valence electrons. The van der Waals surface area contributed by atoms with Crippen LogP contribution in [0.4, 0.5) is 10.5 Å². The van der Waals surface area contributed by atoms with Crippen molar-refractivity contribution in [2.75, 3.05) is 18.5 Å². The van der Waals surface area contributed by atoms with Crippen molar-refractivity contribution in [3.05, 3.63) is 66.4 Å². The number of carbonyl (C=O) groups is 3. The number of ether oxygens (including phenoxy) is 2. The summed E-state index contributed by atoms with van der Waals surface area (Å²) in [4.78, 5) is 36.6. The molecule has 3 rings (SSSR count). The third-order valence-corrected chi connectivity index (χ3v) is 4.88. The average Bonchev–Trinajstić information content (AvgIpc) is 3.20. The van der Waals surface area contributed by atoms with Crippen LogP contribution in [0.1, 0.15) is 26.2 Å². The Kier molecular flexibility index (Phi) is 8.25. The monoisotopic (exact) mass is 437 g/mol. The first-order valence-corrected chi connectivity index (χ1v) is 10.6. The second-order valence-electron chi connectivity index (χ2n) is 7.18. The number of benzene rings is 2. The van der Waals surface area contributed by atoms with Crippen LogP contribution in [0.3, 0.4) is 0 Å². The first kappa shape index (κ1) is 22.9. The summed E-state index contributed by atoms with van der Waals surface area (Å²) in [7, 11) is 0. The van der Waals surface area contributed by atoms with E-state index in [9.17, 15) is 14.4 Å². The van der Waals surface area contributed by atoms with Gasteiger partial charge in [0.05, 0.1) is 12.3 Å². The fourth-order valence-corrected chi connectivity index (χ4v) is 3.29. The summed E-state index contributed by atoms with van der Waals surface area (Å²) >= 11 is 0. The quantitative estimate of drug-likeness (QED) is 0.407. The fourth-order valence-electron chi connectivity index (χ4n) is 3.29. The van der Waals surface area contributed by atoms with Gasteiger partial charge < -0.3 is 25.4 Å². The van der Waals surface area contributed by atoms with Crippen molar-refractivity contribution in [2.45, 2.75) is 26.2 Å². The highest BCUT2D eigenvalue weighted by Crippen LogP contribution is 2.29. The highest BCUT2D eigenvalue weighted by molar-refractivity contribution is 5.98. The SMILES string of the molecule is CCOC(=O)C(=CCC[C@H]1CCNC1=O)NC(=O)Nc1ccccc1Oc1ccccc1. The van der Waals surface area contributed by atoms with Gasteiger partial charge in [-0.05, 0) is 50.5 Å². The number of allylic oxidation sites excluding steroid dienone is 1. The number of rotatable bonds is 9. The van der Waals surface area contributed by atoms with Crippen molar-refractivity contribution in [3.63, 3.8) is 0 Å². The van der Waals surface area contributed by atoms with Gasteiger partial charge in [-0.2, -0.15) is 0 Å². The third-order valence-electron chi connectivity index (χ3n) is 4.88. The van der Waals surface area contributed by atoms with Crippen LogP contribution in [-0.2, 0) is 14.3 Å². The average molecular weight is 437 g/mol. The number of hydrogen-bond acceptors (Lipinski definition) is 5. The largest absolute Gasteiger partial charge is 0.461 e. The lowest BCUT2D eigenvalue weighted by Crippen LogP contribution is -2.32. The number of nitrogens with one attached hydrogen (secondary N) is 3. The molecule has 1 fully saturated rings. The molecule has 0 aromatic heterocycles. The third kappa shape index (κ3) is 6.60. The predicted molar refractivity (Wildman–Crippen MR) is 120 cm³/mol. The summed E-state index contributed by atoms with van der Waals surface area (Å²) in [6.07, 6.45) is 3.41. The Morgan fingerprint density at radius 1 is 1.12 bits per heavy atom. The molecule has 32 heavy (non-hydrogen) atoms. The number of carbonyl (C=O) groups excluding carboxylic acids is 3. The molecule has 1 atom stereocenters. The van der Waals surface area contributed by atoms with Crippen molar-refractivity contribution < 1.29 is 23.9 Å². The molecule has 8 heteroatoms. The fraction of sp³-hybridized carbons (Fsp3) is 0.292. The van der Waals surface area contributed by atoms with E-state index >= 15 is 0 Å². The van der Waals surface area contributed by atoms with E-state index in [0.717, 1.165) is 6.42 Å². The van der Waals surface area contributed by atoms with Crippen molar-refractivity contribution in [1.82, 2.24) is 10.6 Å². The summed E-state index contributed by atoms with van der Waals surface area (Å²) in [5.41, 5.74) is 0.476. The van der Waals surface area contributed by atoms with Crippen molar-refractivity contribution in [1.29, 1.82) is 0 Å². The molecule has 0 saturated carbocycles. The van der Waals surface area contributed by atoms with Gasteiger partial charge in [0.2, 0.25) is 5.91 Å². The van der Waals surface area contributed by atoms with Crippen LogP contribution in [-0.4, -0.2) is 31.1 Å². The lowest BCUT2D eigenvalue weighted by molar-refractivity contribution is -0.138. The minimum atomic E-state index is -0.632. The number of amides is 3. The first-order valence-electron chi connectivity index (χ1n) is 10.6. The van der Waals surface area contributed by atoms with Gasteiger partial charge in [0.25, 0.3) is 0 Å². The number of anilines is 1. The number of urea groups is 1. The van der Waals surface area contributed by atoms with Crippen LogP contribution in [0.2, 0.25) is 0 Å². The molecule has 0 unspecified atom stereocenters. The smallest absolute Gasteiger partial charge is 0.354 e. The predicted octanol–water partition coefficient (Wildman–Crippen LogP) is 3.96. The molecule has 0 bridgehead atoms. The van der Waals surface area contributed by atoms with Crippen molar-refractivity contribution in [3.8, 4) is 11.5 Å². The van der Waals surface area contributed by atoms with Crippen LogP contribution in [0.5, 0.6) is 11.5 Å². The minimum Gasteiger partial charge on any atom is -0.461 e. The highest BCUT2D eigenvalue weighted by Gasteiger charge is 2.23. The van der Waals surface area contributed by atoms with E-state index in [4.69, 9.17) is 9.47 Å². The normalized spacial score (nSPS) is 15.6. The summed E-state index contributed by atoms with van der Waals surface area (Å²) < 4.78 is 10.9. The molecule has 0 spiro atoms. The summed E-state index contributed by atoms with van der Waals surface area (Å²) in [6, 6.07) is 15.6. The van der Waals surface area contributed by atoms with Gasteiger partial charge in [0, 0.05) is 12.5 Å². The van der Waals surface area contributed by atoms with Crippen molar-refractivity contribution >= 4 is 23.6 Å². The van der Waals surface area contributed by atoms with Crippen LogP contribution in [0.15, 0.2) is 66.4 Å². The standard InChI is InChI=1S/C24H27N3O5/c1-2-31-23(29)20(13-8-9-17-15-16-25-22(17)28)27-24(30)26-19-12-6-7-14-21(19)32-18-10-4-3-5-11-18/h3-7,10-14,17H,2,8-9,15-16H2,1H3,(H,25,28)(H2,26,27,30)/t17-/m0/s1. The topological polar surface area (TPSA) is 106 Å². The van der Waals surface area contributed by atoms with E-state index in [1.807, 2.05) is 30.3 Å². The lowest BCUT2D eigenvalue weighted by Gasteiger charge is -2.14.